The fourth-order valence-electron chi connectivity index (χ4n) is 2.60. The fourth-order valence-corrected chi connectivity index (χ4v) is 3.56. The lowest BCUT2D eigenvalue weighted by Crippen LogP contribution is -2.35. The number of aromatic nitrogens is 3. The third-order valence-corrected chi connectivity index (χ3v) is 4.81. The van der Waals surface area contributed by atoms with E-state index in [9.17, 15) is 0 Å². The molecule has 0 amide bonds. The summed E-state index contributed by atoms with van der Waals surface area (Å²) in [5, 5.41) is 7.78. The van der Waals surface area contributed by atoms with Crippen LogP contribution in [0.2, 0.25) is 0 Å². The van der Waals surface area contributed by atoms with Crippen LogP contribution in [0.15, 0.2) is 10.6 Å². The van der Waals surface area contributed by atoms with Crippen LogP contribution >= 0.6 is 23.6 Å². The minimum absolute atomic E-state index is 0.303. The van der Waals surface area contributed by atoms with Crippen molar-refractivity contribution < 1.29 is 4.42 Å². The number of aromatic amines is 1. The summed E-state index contributed by atoms with van der Waals surface area (Å²) in [7, 11) is 0. The van der Waals surface area contributed by atoms with E-state index < -0.39 is 0 Å². The van der Waals surface area contributed by atoms with Gasteiger partial charge in [-0.25, -0.2) is 10.1 Å². The van der Waals surface area contributed by atoms with Crippen molar-refractivity contribution >= 4 is 23.6 Å². The molecule has 0 aromatic carbocycles. The van der Waals surface area contributed by atoms with E-state index in [2.05, 4.69) is 27.0 Å². The van der Waals surface area contributed by atoms with E-state index in [1.807, 2.05) is 6.20 Å². The van der Waals surface area contributed by atoms with E-state index >= 15 is 0 Å². The molecule has 7 heteroatoms. The van der Waals surface area contributed by atoms with Crippen LogP contribution in [-0.4, -0.2) is 39.7 Å². The maximum Gasteiger partial charge on any atom is 0.284 e. The second kappa shape index (κ2) is 6.15. The smallest absolute Gasteiger partial charge is 0.284 e. The van der Waals surface area contributed by atoms with Gasteiger partial charge in [0.15, 0.2) is 0 Å². The molecular formula is C13H18N4OS2. The van der Waals surface area contributed by atoms with Crippen molar-refractivity contribution in [3.63, 3.8) is 0 Å². The number of H-pyrrole nitrogens is 1. The zero-order valence-electron chi connectivity index (χ0n) is 11.5. The lowest BCUT2D eigenvalue weighted by molar-refractivity contribution is 0.186. The van der Waals surface area contributed by atoms with Crippen LogP contribution in [0.25, 0.3) is 10.8 Å². The van der Waals surface area contributed by atoms with E-state index in [1.54, 1.807) is 11.3 Å². The molecule has 1 aliphatic heterocycles. The molecule has 1 aliphatic rings. The average Bonchev–Trinajstić information content (AvgIpc) is 3.05. The molecule has 5 nitrogen and oxygen atoms in total. The second-order valence-electron chi connectivity index (χ2n) is 5.33. The van der Waals surface area contributed by atoms with Crippen LogP contribution in [0, 0.1) is 10.8 Å². The minimum atomic E-state index is 0.303. The molecule has 1 unspecified atom stereocenters. The van der Waals surface area contributed by atoms with E-state index in [1.165, 1.54) is 25.9 Å². The van der Waals surface area contributed by atoms with Crippen LogP contribution in [0.3, 0.4) is 0 Å². The Balaban J connectivity index is 1.58. The highest BCUT2D eigenvalue weighted by Gasteiger charge is 2.16. The maximum absolute atomic E-state index is 5.30. The van der Waals surface area contributed by atoms with Crippen LogP contribution in [0.4, 0.5) is 0 Å². The van der Waals surface area contributed by atoms with Crippen molar-refractivity contribution in [1.29, 1.82) is 0 Å². The first kappa shape index (κ1) is 13.9. The molecule has 20 heavy (non-hydrogen) atoms. The zero-order valence-corrected chi connectivity index (χ0v) is 13.1. The highest BCUT2D eigenvalue weighted by atomic mass is 32.1. The summed E-state index contributed by atoms with van der Waals surface area (Å²) in [6, 6.07) is 0. The Morgan fingerprint density at radius 3 is 3.25 bits per heavy atom. The molecule has 108 valence electrons. The van der Waals surface area contributed by atoms with Gasteiger partial charge in [0.05, 0.1) is 11.2 Å². The molecule has 2 aromatic rings. The monoisotopic (exact) mass is 310 g/mol. The van der Waals surface area contributed by atoms with Crippen LogP contribution < -0.4 is 0 Å². The number of likely N-dealkylation sites (tertiary alicyclic amines) is 1. The van der Waals surface area contributed by atoms with Gasteiger partial charge in [0.2, 0.25) is 0 Å². The molecule has 1 fully saturated rings. The van der Waals surface area contributed by atoms with Gasteiger partial charge in [-0.05, 0) is 37.5 Å². The van der Waals surface area contributed by atoms with E-state index in [-0.39, 0.29) is 0 Å². The summed E-state index contributed by atoms with van der Waals surface area (Å²) in [5.41, 5.74) is 0. The Kier molecular flexibility index (Phi) is 4.28. The van der Waals surface area contributed by atoms with Crippen LogP contribution in [0.5, 0.6) is 0 Å². The number of nitrogens with one attached hydrogen (secondary N) is 1. The van der Waals surface area contributed by atoms with Crippen LogP contribution in [0.1, 0.15) is 24.8 Å². The number of hydrogen-bond donors (Lipinski definition) is 1. The number of rotatable bonds is 4. The van der Waals surface area contributed by atoms with Crippen LogP contribution in [-0.2, 0) is 6.42 Å². The standard InChI is InChI=1S/C13H18N4OS2/c1-9-3-2-5-17(8-9)6-4-11-14-7-10(20-11)12-15-16-13(19)18-12/h7,9H,2-6,8H2,1H3,(H,16,19). The van der Waals surface area contributed by atoms with Crippen molar-refractivity contribution in [1.82, 2.24) is 20.1 Å². The van der Waals surface area contributed by atoms with Crippen molar-refractivity contribution in [3.8, 4) is 10.8 Å². The van der Waals surface area contributed by atoms with Crippen molar-refractivity contribution in [2.24, 2.45) is 5.92 Å². The van der Waals surface area contributed by atoms with Gasteiger partial charge in [0.25, 0.3) is 10.7 Å². The maximum atomic E-state index is 5.30. The predicted molar refractivity (Wildman–Crippen MR) is 81.3 cm³/mol. The molecule has 1 saturated heterocycles. The first-order valence-corrected chi connectivity index (χ1v) is 8.16. The summed E-state index contributed by atoms with van der Waals surface area (Å²) in [5.74, 6) is 1.36. The number of thiazole rings is 1. The van der Waals surface area contributed by atoms with Gasteiger partial charge in [-0.15, -0.1) is 16.4 Å². The van der Waals surface area contributed by atoms with Gasteiger partial charge in [0.1, 0.15) is 4.88 Å². The van der Waals surface area contributed by atoms with Gasteiger partial charge >= 0.3 is 0 Å². The quantitative estimate of drug-likeness (QED) is 0.879. The molecule has 3 rings (SSSR count). The zero-order chi connectivity index (χ0) is 13.9. The fraction of sp³-hybridized carbons (Fsp3) is 0.615. The van der Waals surface area contributed by atoms with Gasteiger partial charge in [-0.2, -0.15) is 0 Å². The van der Waals surface area contributed by atoms with Gasteiger partial charge in [0, 0.05) is 19.5 Å². The largest absolute Gasteiger partial charge is 0.408 e. The topological polar surface area (TPSA) is 58.0 Å². The Labute approximate surface area is 127 Å². The highest BCUT2D eigenvalue weighted by molar-refractivity contribution is 7.71. The van der Waals surface area contributed by atoms with Gasteiger partial charge in [-0.1, -0.05) is 6.92 Å². The number of piperidine rings is 1. The summed E-state index contributed by atoms with van der Waals surface area (Å²) in [6.07, 6.45) is 5.48. The number of hydrogen-bond acceptors (Lipinski definition) is 6. The van der Waals surface area contributed by atoms with Gasteiger partial charge < -0.3 is 9.32 Å². The molecule has 0 saturated carbocycles. The van der Waals surface area contributed by atoms with Crippen molar-refractivity contribution in [3.05, 3.63) is 16.0 Å². The average molecular weight is 310 g/mol. The molecule has 0 radical (unpaired) electrons. The summed E-state index contributed by atoms with van der Waals surface area (Å²) >= 11 is 6.51. The second-order valence-corrected chi connectivity index (χ2v) is 6.82. The molecular weight excluding hydrogens is 292 g/mol. The highest BCUT2D eigenvalue weighted by Crippen LogP contribution is 2.25. The molecule has 1 atom stereocenters. The Morgan fingerprint density at radius 2 is 2.50 bits per heavy atom. The minimum Gasteiger partial charge on any atom is -0.408 e. The number of nitrogens with zero attached hydrogens (tertiary/aromatic N) is 3. The normalized spacial score (nSPS) is 20.4. The molecule has 3 heterocycles. The lowest BCUT2D eigenvalue weighted by Gasteiger charge is -2.30. The van der Waals surface area contributed by atoms with Gasteiger partial charge in [-0.3, -0.25) is 0 Å². The molecule has 0 aliphatic carbocycles. The van der Waals surface area contributed by atoms with Crippen molar-refractivity contribution in [2.75, 3.05) is 19.6 Å². The SMILES string of the molecule is CC1CCCN(CCc2ncc(-c3n[nH]c(=S)o3)s2)C1. The Bertz CT molecular complexity index is 618. The third kappa shape index (κ3) is 3.34. The molecule has 2 aromatic heterocycles. The first-order chi connectivity index (χ1) is 9.70. The van der Waals surface area contributed by atoms with E-state index in [0.29, 0.717) is 10.7 Å². The lowest BCUT2D eigenvalue weighted by atomic mass is 10.0. The predicted octanol–water partition coefficient (Wildman–Crippen LogP) is 3.13. The molecule has 1 N–H and O–H groups in total. The Morgan fingerprint density at radius 1 is 1.60 bits per heavy atom. The summed E-state index contributed by atoms with van der Waals surface area (Å²) in [6.45, 7) is 5.85. The summed E-state index contributed by atoms with van der Waals surface area (Å²) in [4.78, 5) is 8.22. The molecule has 0 bridgehead atoms. The van der Waals surface area contributed by atoms with E-state index in [4.69, 9.17) is 16.6 Å². The van der Waals surface area contributed by atoms with E-state index in [0.717, 1.165) is 28.8 Å². The Hall–Kier alpha value is -1.05. The van der Waals surface area contributed by atoms with Crippen molar-refractivity contribution in [2.45, 2.75) is 26.2 Å². The molecule has 0 spiro atoms. The third-order valence-electron chi connectivity index (χ3n) is 3.59. The summed E-state index contributed by atoms with van der Waals surface area (Å²) < 4.78 is 5.30. The first-order valence-electron chi connectivity index (χ1n) is 6.93.